The maximum absolute atomic E-state index is 2.51. The zero-order valence-electron chi connectivity index (χ0n) is 25.9. The number of hydrogen-bond donors (Lipinski definition) is 0. The minimum absolute atomic E-state index is 0.131. The van der Waals surface area contributed by atoms with Gasteiger partial charge in [-0.05, 0) is 90.0 Å². The standard InChI is InChI=1S/C45H31N/c1-45(2)39-17-7-6-16-37(39)44-43(45)38-27-33(22-25-40(38)46(44)34-15-9-14-32(26-34)28-10-4-3-5-11-28)35-23-20-31-19-18-29-12-8-13-30-21-24-36(35)42(31)41(29)30/h3-27H,1-2H3. The smallest absolute Gasteiger partial charge is 0.0585 e. The highest BCUT2D eigenvalue weighted by atomic mass is 15.0. The van der Waals surface area contributed by atoms with Crippen LogP contribution in [0.15, 0.2) is 152 Å². The van der Waals surface area contributed by atoms with Crippen LogP contribution in [0.2, 0.25) is 0 Å². The number of aromatic nitrogens is 1. The van der Waals surface area contributed by atoms with Gasteiger partial charge < -0.3 is 4.57 Å². The summed E-state index contributed by atoms with van der Waals surface area (Å²) in [7, 11) is 0. The molecule has 0 atom stereocenters. The number of benzene rings is 8. The van der Waals surface area contributed by atoms with Crippen molar-refractivity contribution < 1.29 is 0 Å². The number of rotatable bonds is 3. The Morgan fingerprint density at radius 1 is 0.457 bits per heavy atom. The first-order valence-corrected chi connectivity index (χ1v) is 16.2. The lowest BCUT2D eigenvalue weighted by molar-refractivity contribution is 0.666. The minimum Gasteiger partial charge on any atom is -0.309 e. The van der Waals surface area contributed by atoms with Crippen molar-refractivity contribution in [2.75, 3.05) is 0 Å². The molecule has 0 N–H and O–H groups in total. The second-order valence-corrected chi connectivity index (χ2v) is 13.3. The van der Waals surface area contributed by atoms with Gasteiger partial charge in [-0.1, -0.05) is 141 Å². The lowest BCUT2D eigenvalue weighted by atomic mass is 9.81. The lowest BCUT2D eigenvalue weighted by Crippen LogP contribution is -2.14. The van der Waals surface area contributed by atoms with Gasteiger partial charge in [-0.3, -0.25) is 0 Å². The molecule has 1 aliphatic carbocycles. The molecule has 0 amide bonds. The van der Waals surface area contributed by atoms with Crippen LogP contribution < -0.4 is 0 Å². The average molecular weight is 586 g/mol. The van der Waals surface area contributed by atoms with Gasteiger partial charge >= 0.3 is 0 Å². The summed E-state index contributed by atoms with van der Waals surface area (Å²) in [5.74, 6) is 0. The maximum atomic E-state index is 2.51. The van der Waals surface area contributed by atoms with Crippen LogP contribution in [0, 0.1) is 0 Å². The molecule has 0 radical (unpaired) electrons. The third kappa shape index (κ3) is 3.40. The quantitative estimate of drug-likeness (QED) is 0.182. The molecule has 1 aliphatic rings. The van der Waals surface area contributed by atoms with Gasteiger partial charge in [0.05, 0.1) is 11.2 Å². The molecule has 216 valence electrons. The van der Waals surface area contributed by atoms with E-state index in [4.69, 9.17) is 0 Å². The summed E-state index contributed by atoms with van der Waals surface area (Å²) < 4.78 is 2.51. The van der Waals surface area contributed by atoms with Crippen LogP contribution in [-0.2, 0) is 5.41 Å². The normalized spacial score (nSPS) is 13.6. The molecule has 1 heteroatoms. The summed E-state index contributed by atoms with van der Waals surface area (Å²) >= 11 is 0. The molecule has 8 aromatic carbocycles. The predicted molar refractivity (Wildman–Crippen MR) is 195 cm³/mol. The Bertz CT molecular complexity index is 2640. The van der Waals surface area contributed by atoms with Gasteiger partial charge in [-0.15, -0.1) is 0 Å². The molecule has 0 spiro atoms. The van der Waals surface area contributed by atoms with Crippen molar-refractivity contribution in [2.24, 2.45) is 0 Å². The highest BCUT2D eigenvalue weighted by Crippen LogP contribution is 2.54. The maximum Gasteiger partial charge on any atom is 0.0585 e. The van der Waals surface area contributed by atoms with Crippen LogP contribution in [-0.4, -0.2) is 4.57 Å². The molecule has 10 rings (SSSR count). The third-order valence-electron chi connectivity index (χ3n) is 10.5. The highest BCUT2D eigenvalue weighted by molar-refractivity contribution is 6.25. The second kappa shape index (κ2) is 9.19. The van der Waals surface area contributed by atoms with Crippen LogP contribution in [0.5, 0.6) is 0 Å². The summed E-state index contributed by atoms with van der Waals surface area (Å²) in [5.41, 5.74) is 12.8. The van der Waals surface area contributed by atoms with Gasteiger partial charge in [0.25, 0.3) is 0 Å². The Hall–Kier alpha value is -5.66. The summed E-state index contributed by atoms with van der Waals surface area (Å²) in [6, 6.07) is 56.3. The van der Waals surface area contributed by atoms with E-state index in [0.717, 1.165) is 0 Å². The van der Waals surface area contributed by atoms with E-state index in [1.807, 2.05) is 0 Å². The van der Waals surface area contributed by atoms with Gasteiger partial charge in [0.2, 0.25) is 0 Å². The van der Waals surface area contributed by atoms with Crippen LogP contribution in [0.3, 0.4) is 0 Å². The molecule has 46 heavy (non-hydrogen) atoms. The summed E-state index contributed by atoms with van der Waals surface area (Å²) in [6.45, 7) is 4.79. The Morgan fingerprint density at radius 2 is 1.15 bits per heavy atom. The molecule has 0 unspecified atom stereocenters. The molecular formula is C45H31N. The van der Waals surface area contributed by atoms with Crippen molar-refractivity contribution in [3.63, 3.8) is 0 Å². The van der Waals surface area contributed by atoms with Crippen molar-refractivity contribution in [1.82, 2.24) is 4.57 Å². The zero-order valence-corrected chi connectivity index (χ0v) is 25.9. The van der Waals surface area contributed by atoms with Crippen molar-refractivity contribution >= 4 is 43.2 Å². The first-order chi connectivity index (χ1) is 22.6. The predicted octanol–water partition coefficient (Wildman–Crippen LogP) is 12.2. The van der Waals surface area contributed by atoms with Gasteiger partial charge in [0, 0.05) is 22.1 Å². The molecule has 0 bridgehead atoms. The SMILES string of the molecule is CC1(C)c2ccccc2-c2c1c1cc(-c3ccc4ccc5cccc6ccc3c4c56)ccc1n2-c1cccc(-c2ccccc2)c1. The molecule has 1 aromatic heterocycles. The number of fused-ring (bicyclic) bond motifs is 5. The van der Waals surface area contributed by atoms with E-state index < -0.39 is 0 Å². The first-order valence-electron chi connectivity index (χ1n) is 16.2. The molecule has 1 heterocycles. The van der Waals surface area contributed by atoms with Crippen molar-refractivity contribution in [3.8, 4) is 39.2 Å². The molecule has 1 nitrogen and oxygen atoms in total. The Morgan fingerprint density at radius 3 is 2.00 bits per heavy atom. The highest BCUT2D eigenvalue weighted by Gasteiger charge is 2.40. The summed E-state index contributed by atoms with van der Waals surface area (Å²) in [6.07, 6.45) is 0. The van der Waals surface area contributed by atoms with E-state index in [1.165, 1.54) is 93.5 Å². The zero-order chi connectivity index (χ0) is 30.6. The number of nitrogens with zero attached hydrogens (tertiary/aromatic N) is 1. The average Bonchev–Trinajstić information content (AvgIpc) is 3.57. The van der Waals surface area contributed by atoms with Crippen molar-refractivity contribution in [3.05, 3.63) is 163 Å². The summed E-state index contributed by atoms with van der Waals surface area (Å²) in [4.78, 5) is 0. The van der Waals surface area contributed by atoms with Crippen molar-refractivity contribution in [2.45, 2.75) is 19.3 Å². The van der Waals surface area contributed by atoms with Crippen LogP contribution >= 0.6 is 0 Å². The Kier molecular flexibility index (Phi) is 5.12. The largest absolute Gasteiger partial charge is 0.309 e. The van der Waals surface area contributed by atoms with Crippen molar-refractivity contribution in [1.29, 1.82) is 0 Å². The molecule has 0 saturated heterocycles. The summed E-state index contributed by atoms with van der Waals surface area (Å²) in [5, 5.41) is 9.26. The number of hydrogen-bond acceptors (Lipinski definition) is 0. The Labute approximate surface area is 268 Å². The van der Waals surface area contributed by atoms with Gasteiger partial charge in [-0.2, -0.15) is 0 Å². The van der Waals surface area contributed by atoms with E-state index in [0.29, 0.717) is 0 Å². The fraction of sp³-hybridized carbons (Fsp3) is 0.0667. The molecule has 0 fully saturated rings. The monoisotopic (exact) mass is 585 g/mol. The molecule has 0 saturated carbocycles. The fourth-order valence-corrected chi connectivity index (χ4v) is 8.43. The van der Waals surface area contributed by atoms with Crippen LogP contribution in [0.1, 0.15) is 25.0 Å². The van der Waals surface area contributed by atoms with E-state index >= 15 is 0 Å². The van der Waals surface area contributed by atoms with Gasteiger partial charge in [0.1, 0.15) is 0 Å². The van der Waals surface area contributed by atoms with E-state index in [2.05, 4.69) is 170 Å². The van der Waals surface area contributed by atoms with E-state index in [9.17, 15) is 0 Å². The fourth-order valence-electron chi connectivity index (χ4n) is 8.43. The Balaban J connectivity index is 1.26. The first kappa shape index (κ1) is 25.6. The van der Waals surface area contributed by atoms with E-state index in [-0.39, 0.29) is 5.41 Å². The third-order valence-corrected chi connectivity index (χ3v) is 10.5. The molecule has 0 aliphatic heterocycles. The van der Waals surface area contributed by atoms with Crippen LogP contribution in [0.4, 0.5) is 0 Å². The van der Waals surface area contributed by atoms with E-state index in [1.54, 1.807) is 0 Å². The van der Waals surface area contributed by atoms with Gasteiger partial charge in [0.15, 0.2) is 0 Å². The van der Waals surface area contributed by atoms with Crippen LogP contribution in [0.25, 0.3) is 82.4 Å². The minimum atomic E-state index is -0.131. The lowest BCUT2D eigenvalue weighted by Gasteiger charge is -2.21. The van der Waals surface area contributed by atoms with Gasteiger partial charge in [-0.25, -0.2) is 0 Å². The molecule has 9 aromatic rings. The second-order valence-electron chi connectivity index (χ2n) is 13.3. The molecular weight excluding hydrogens is 555 g/mol. The topological polar surface area (TPSA) is 4.93 Å².